The Morgan fingerprint density at radius 1 is 0.310 bits per heavy atom. The summed E-state index contributed by atoms with van der Waals surface area (Å²) in [6.07, 6.45) is 0. The molecule has 13 aromatic rings. The Labute approximate surface area is 332 Å². The molecule has 0 radical (unpaired) electrons. The minimum Gasteiger partial charge on any atom is -0.455 e. The molecular weight excluding hydrogens is 707 g/mol. The fourth-order valence-electron chi connectivity index (χ4n) is 9.77. The van der Waals surface area contributed by atoms with Gasteiger partial charge < -0.3 is 18.1 Å². The van der Waals surface area contributed by atoms with Gasteiger partial charge in [0.25, 0.3) is 0 Å². The van der Waals surface area contributed by atoms with Gasteiger partial charge in [0.2, 0.25) is 0 Å². The smallest absolute Gasteiger partial charge is 0.145 e. The molecule has 0 aliphatic heterocycles. The van der Waals surface area contributed by atoms with Gasteiger partial charge in [0.15, 0.2) is 0 Å². The summed E-state index contributed by atoms with van der Waals surface area (Å²) < 4.78 is 14.1. The van der Waals surface area contributed by atoms with E-state index in [2.05, 4.69) is 214 Å². The Morgan fingerprint density at radius 2 is 0.810 bits per heavy atom. The van der Waals surface area contributed by atoms with E-state index < -0.39 is 0 Å². The van der Waals surface area contributed by atoms with Crippen molar-refractivity contribution in [3.8, 4) is 28.2 Å². The zero-order chi connectivity index (χ0) is 37.9. The predicted octanol–water partition coefficient (Wildman–Crippen LogP) is 14.5. The van der Waals surface area contributed by atoms with Gasteiger partial charge in [-0.05, 0) is 90.5 Å². The number of nitrogens with zero attached hydrogens (tertiary/aromatic N) is 3. The summed E-state index contributed by atoms with van der Waals surface area (Å²) in [7, 11) is 0. The van der Waals surface area contributed by atoms with Gasteiger partial charge in [-0.3, -0.25) is 0 Å². The van der Waals surface area contributed by atoms with E-state index in [9.17, 15) is 0 Å². The van der Waals surface area contributed by atoms with Crippen molar-refractivity contribution in [2.45, 2.75) is 0 Å². The van der Waals surface area contributed by atoms with Crippen molar-refractivity contribution < 1.29 is 4.42 Å². The van der Waals surface area contributed by atoms with Gasteiger partial charge in [0.05, 0.1) is 38.5 Å². The molecule has 58 heavy (non-hydrogen) atoms. The summed E-state index contributed by atoms with van der Waals surface area (Å²) in [5, 5.41) is 9.42. The third-order valence-electron chi connectivity index (χ3n) is 12.2. The van der Waals surface area contributed by atoms with Gasteiger partial charge in [-0.15, -0.1) is 0 Å². The SMILES string of the molecule is c1ccc(-n2c3ccccc3c3cc(-c4cc5c6ccccc6oc5c5c6ccccc6n(-c6ccc7c(c6)c6ccccc6n7-c6ccccc6)c45)ccc32)cc1. The highest BCUT2D eigenvalue weighted by Gasteiger charge is 2.24. The molecule has 13 rings (SSSR count). The summed E-state index contributed by atoms with van der Waals surface area (Å²) in [4.78, 5) is 0. The Hall–Kier alpha value is -7.82. The van der Waals surface area contributed by atoms with Gasteiger partial charge in [-0.1, -0.05) is 115 Å². The summed E-state index contributed by atoms with van der Waals surface area (Å²) in [5.74, 6) is 0. The first-order valence-electron chi connectivity index (χ1n) is 19.9. The van der Waals surface area contributed by atoms with Gasteiger partial charge in [0.1, 0.15) is 11.2 Å². The van der Waals surface area contributed by atoms with Crippen molar-refractivity contribution in [3.05, 3.63) is 200 Å². The number of hydrogen-bond acceptors (Lipinski definition) is 1. The molecule has 4 heterocycles. The van der Waals surface area contributed by atoms with E-state index in [4.69, 9.17) is 4.42 Å². The Balaban J connectivity index is 1.16. The molecule has 0 aliphatic rings. The number of aromatic nitrogens is 3. The van der Waals surface area contributed by atoms with Gasteiger partial charge in [-0.25, -0.2) is 0 Å². The second-order valence-electron chi connectivity index (χ2n) is 15.3. The highest BCUT2D eigenvalue weighted by Crippen LogP contribution is 2.47. The summed E-state index contributed by atoms with van der Waals surface area (Å²) in [6.45, 7) is 0. The van der Waals surface area contributed by atoms with Gasteiger partial charge in [0, 0.05) is 60.3 Å². The normalized spacial score (nSPS) is 12.1. The zero-order valence-electron chi connectivity index (χ0n) is 31.3. The van der Waals surface area contributed by atoms with E-state index in [1.807, 2.05) is 0 Å². The van der Waals surface area contributed by atoms with Crippen LogP contribution in [0.1, 0.15) is 0 Å². The van der Waals surface area contributed by atoms with E-state index in [1.54, 1.807) is 0 Å². The highest BCUT2D eigenvalue weighted by molar-refractivity contribution is 6.28. The average Bonchev–Trinajstić information content (AvgIpc) is 4.03. The highest BCUT2D eigenvalue weighted by atomic mass is 16.3. The third kappa shape index (κ3) is 4.29. The van der Waals surface area contributed by atoms with Crippen molar-refractivity contribution >= 4 is 87.4 Å². The van der Waals surface area contributed by atoms with Crippen LogP contribution in [0.4, 0.5) is 0 Å². The minimum atomic E-state index is 0.893. The fourth-order valence-corrected chi connectivity index (χ4v) is 9.77. The molecule has 270 valence electrons. The molecule has 0 bridgehead atoms. The molecule has 4 heteroatoms. The molecule has 0 fully saturated rings. The quantitative estimate of drug-likeness (QED) is 0.177. The molecule has 0 aliphatic carbocycles. The molecule has 9 aromatic carbocycles. The second kappa shape index (κ2) is 11.8. The van der Waals surface area contributed by atoms with Crippen molar-refractivity contribution in [2.75, 3.05) is 0 Å². The Bertz CT molecular complexity index is 3790. The lowest BCUT2D eigenvalue weighted by molar-refractivity contribution is 0.673. The van der Waals surface area contributed by atoms with Gasteiger partial charge >= 0.3 is 0 Å². The Morgan fingerprint density at radius 3 is 1.47 bits per heavy atom. The molecule has 0 atom stereocenters. The predicted molar refractivity (Wildman–Crippen MR) is 242 cm³/mol. The topological polar surface area (TPSA) is 27.9 Å². The summed E-state index contributed by atoms with van der Waals surface area (Å²) >= 11 is 0. The molecule has 0 spiro atoms. The Kier molecular flexibility index (Phi) is 6.41. The van der Waals surface area contributed by atoms with Crippen LogP contribution in [0.2, 0.25) is 0 Å². The lowest BCUT2D eigenvalue weighted by atomic mass is 9.97. The lowest BCUT2D eigenvalue weighted by Gasteiger charge is -2.14. The van der Waals surface area contributed by atoms with Crippen LogP contribution >= 0.6 is 0 Å². The molecule has 0 unspecified atom stereocenters. The minimum absolute atomic E-state index is 0.893. The molecule has 4 nitrogen and oxygen atoms in total. The van der Waals surface area contributed by atoms with Gasteiger partial charge in [-0.2, -0.15) is 0 Å². The first kappa shape index (κ1) is 31.4. The lowest BCUT2D eigenvalue weighted by Crippen LogP contribution is -1.97. The van der Waals surface area contributed by atoms with Crippen molar-refractivity contribution in [1.29, 1.82) is 0 Å². The second-order valence-corrected chi connectivity index (χ2v) is 15.3. The molecular formula is C54H33N3O. The van der Waals surface area contributed by atoms with Crippen LogP contribution in [0.25, 0.3) is 116 Å². The number of benzene rings is 9. The monoisotopic (exact) mass is 739 g/mol. The van der Waals surface area contributed by atoms with E-state index in [-0.39, 0.29) is 0 Å². The molecule has 4 aromatic heterocycles. The number of furan rings is 1. The number of hydrogen-bond donors (Lipinski definition) is 0. The maximum atomic E-state index is 6.85. The van der Waals surface area contributed by atoms with Crippen LogP contribution in [0.15, 0.2) is 205 Å². The molecule has 0 N–H and O–H groups in total. The first-order chi connectivity index (χ1) is 28.8. The third-order valence-corrected chi connectivity index (χ3v) is 12.2. The van der Waals surface area contributed by atoms with Crippen molar-refractivity contribution in [1.82, 2.24) is 13.7 Å². The maximum Gasteiger partial charge on any atom is 0.145 e. The average molecular weight is 740 g/mol. The van der Waals surface area contributed by atoms with Crippen LogP contribution in [0, 0.1) is 0 Å². The van der Waals surface area contributed by atoms with Crippen LogP contribution in [-0.4, -0.2) is 13.7 Å². The molecule has 0 saturated carbocycles. The van der Waals surface area contributed by atoms with Crippen LogP contribution in [0.5, 0.6) is 0 Å². The van der Waals surface area contributed by atoms with Crippen molar-refractivity contribution in [2.24, 2.45) is 0 Å². The molecule has 0 saturated heterocycles. The van der Waals surface area contributed by atoms with E-state index in [0.717, 1.165) is 71.9 Å². The van der Waals surface area contributed by atoms with Crippen LogP contribution in [0.3, 0.4) is 0 Å². The van der Waals surface area contributed by atoms with Crippen molar-refractivity contribution in [3.63, 3.8) is 0 Å². The zero-order valence-corrected chi connectivity index (χ0v) is 31.3. The largest absolute Gasteiger partial charge is 0.455 e. The summed E-state index contributed by atoms with van der Waals surface area (Å²) in [5.41, 5.74) is 14.5. The van der Waals surface area contributed by atoms with E-state index in [0.29, 0.717) is 0 Å². The number of rotatable bonds is 4. The van der Waals surface area contributed by atoms with E-state index >= 15 is 0 Å². The van der Waals surface area contributed by atoms with Crippen LogP contribution < -0.4 is 0 Å². The maximum absolute atomic E-state index is 6.85. The number of para-hydroxylation sites is 6. The van der Waals surface area contributed by atoms with Crippen LogP contribution in [-0.2, 0) is 0 Å². The standard InChI is InChI=1S/C54H33N3O/c1-3-15-35(16-4-1)55-46-23-11-7-19-38(46)43-31-34(27-29-49(43)55)42-33-45-40-21-10-14-26-51(40)58-54(45)52-41-22-9-13-25-48(41)57(53(42)52)37-28-30-50-44(32-37)39-20-8-12-24-47(39)56(50)36-17-5-2-6-18-36/h1-33H. The fraction of sp³-hybridized carbons (Fsp3) is 0. The first-order valence-corrected chi connectivity index (χ1v) is 19.9. The summed E-state index contributed by atoms with van der Waals surface area (Å²) in [6, 6.07) is 72.4. The van der Waals surface area contributed by atoms with E-state index in [1.165, 1.54) is 43.6 Å². The number of fused-ring (bicyclic) bond motifs is 13. The molecule has 0 amide bonds.